The number of H-pyrrole nitrogens is 1. The summed E-state index contributed by atoms with van der Waals surface area (Å²) in [5.41, 5.74) is 3.21. The van der Waals surface area contributed by atoms with Gasteiger partial charge in [0.25, 0.3) is 5.91 Å². The van der Waals surface area contributed by atoms with E-state index in [1.807, 2.05) is 0 Å². The monoisotopic (exact) mass is 353 g/mol. The maximum Gasteiger partial charge on any atom is 0.272 e. The van der Waals surface area contributed by atoms with Gasteiger partial charge in [-0.3, -0.25) is 9.89 Å². The van der Waals surface area contributed by atoms with Gasteiger partial charge in [0.15, 0.2) is 11.5 Å². The van der Waals surface area contributed by atoms with Crippen molar-refractivity contribution in [3.8, 4) is 22.8 Å². The molecule has 0 aliphatic carbocycles. The second-order valence-electron chi connectivity index (χ2n) is 6.12. The number of phenolic OH excluding ortho intramolecular Hbond substituents is 1. The van der Waals surface area contributed by atoms with Crippen LogP contribution < -0.4 is 4.74 Å². The zero-order valence-electron chi connectivity index (χ0n) is 14.2. The van der Waals surface area contributed by atoms with Crippen LogP contribution in [0.1, 0.15) is 27.7 Å². The third-order valence-electron chi connectivity index (χ3n) is 4.64. The molecule has 4 rings (SSSR count). The van der Waals surface area contributed by atoms with Crippen LogP contribution in [0.4, 0.5) is 4.39 Å². The average molecular weight is 353 g/mol. The number of nitrogens with one attached hydrogen (secondary N) is 1. The molecular weight excluding hydrogens is 337 g/mol. The Hall–Kier alpha value is -3.35. The van der Waals surface area contributed by atoms with Crippen LogP contribution in [0.2, 0.25) is 0 Å². The molecule has 0 fully saturated rings. The van der Waals surface area contributed by atoms with Crippen molar-refractivity contribution in [3.63, 3.8) is 0 Å². The SMILES string of the molecule is COc1cc([C@@H]2c3c(-c4ccc(F)cc4)n[nH]c3C(=O)N2C)ccc1O. The summed E-state index contributed by atoms with van der Waals surface area (Å²) in [6.07, 6.45) is 0. The molecular formula is C19H16FN3O3. The number of methoxy groups -OCH3 is 1. The highest BCUT2D eigenvalue weighted by Crippen LogP contribution is 2.43. The highest BCUT2D eigenvalue weighted by molar-refractivity contribution is 6.00. The molecule has 2 aromatic carbocycles. The van der Waals surface area contributed by atoms with Crippen molar-refractivity contribution in [3.05, 3.63) is 65.1 Å². The van der Waals surface area contributed by atoms with Crippen LogP contribution in [0.15, 0.2) is 42.5 Å². The van der Waals surface area contributed by atoms with E-state index in [0.717, 1.165) is 11.1 Å². The molecule has 26 heavy (non-hydrogen) atoms. The van der Waals surface area contributed by atoms with Gasteiger partial charge in [0.2, 0.25) is 0 Å². The fourth-order valence-electron chi connectivity index (χ4n) is 3.35. The number of nitrogens with zero attached hydrogens (tertiary/aromatic N) is 2. The highest BCUT2D eigenvalue weighted by Gasteiger charge is 2.40. The van der Waals surface area contributed by atoms with Crippen molar-refractivity contribution in [2.45, 2.75) is 6.04 Å². The van der Waals surface area contributed by atoms with Gasteiger partial charge in [0.1, 0.15) is 11.5 Å². The molecule has 1 amide bonds. The Labute approximate surface area is 148 Å². The molecule has 0 saturated heterocycles. The number of fused-ring (bicyclic) bond motifs is 1. The molecule has 6 nitrogen and oxygen atoms in total. The molecule has 1 aromatic heterocycles. The predicted octanol–water partition coefficient (Wildman–Crippen LogP) is 3.11. The van der Waals surface area contributed by atoms with Gasteiger partial charge in [-0.1, -0.05) is 6.07 Å². The van der Waals surface area contributed by atoms with Crippen molar-refractivity contribution < 1.29 is 19.0 Å². The number of hydrogen-bond acceptors (Lipinski definition) is 4. The number of carbonyl (C=O) groups excluding carboxylic acids is 1. The van der Waals surface area contributed by atoms with Crippen LogP contribution in [0.5, 0.6) is 11.5 Å². The van der Waals surface area contributed by atoms with E-state index in [-0.39, 0.29) is 17.5 Å². The Morgan fingerprint density at radius 1 is 1.23 bits per heavy atom. The number of rotatable bonds is 3. The molecule has 1 atom stereocenters. The lowest BCUT2D eigenvalue weighted by Crippen LogP contribution is -2.24. The Morgan fingerprint density at radius 3 is 2.65 bits per heavy atom. The Morgan fingerprint density at radius 2 is 1.96 bits per heavy atom. The second-order valence-corrected chi connectivity index (χ2v) is 6.12. The molecule has 1 aliphatic heterocycles. The van der Waals surface area contributed by atoms with E-state index < -0.39 is 6.04 Å². The summed E-state index contributed by atoms with van der Waals surface area (Å²) in [6, 6.07) is 10.5. The van der Waals surface area contributed by atoms with Gasteiger partial charge in [0.05, 0.1) is 18.8 Å². The summed E-state index contributed by atoms with van der Waals surface area (Å²) >= 11 is 0. The molecule has 7 heteroatoms. The van der Waals surface area contributed by atoms with Crippen LogP contribution in [-0.2, 0) is 0 Å². The van der Waals surface area contributed by atoms with E-state index in [2.05, 4.69) is 10.2 Å². The second kappa shape index (κ2) is 5.87. The molecule has 3 aromatic rings. The number of hydrogen-bond donors (Lipinski definition) is 2. The lowest BCUT2D eigenvalue weighted by molar-refractivity contribution is 0.0787. The van der Waals surface area contributed by atoms with E-state index in [4.69, 9.17) is 4.74 Å². The van der Waals surface area contributed by atoms with Gasteiger partial charge in [-0.05, 0) is 42.0 Å². The number of carbonyl (C=O) groups is 1. The first-order chi connectivity index (χ1) is 12.5. The largest absolute Gasteiger partial charge is 0.504 e. The molecule has 0 radical (unpaired) electrons. The third kappa shape index (κ3) is 2.32. The fourth-order valence-corrected chi connectivity index (χ4v) is 3.35. The van der Waals surface area contributed by atoms with Gasteiger partial charge < -0.3 is 14.7 Å². The lowest BCUT2D eigenvalue weighted by Gasteiger charge is -2.22. The molecule has 132 valence electrons. The summed E-state index contributed by atoms with van der Waals surface area (Å²) in [5.74, 6) is -0.176. The summed E-state index contributed by atoms with van der Waals surface area (Å²) in [5, 5.41) is 16.9. The molecule has 2 N–H and O–H groups in total. The number of halogens is 1. The van der Waals surface area contributed by atoms with Crippen molar-refractivity contribution in [2.24, 2.45) is 0 Å². The molecule has 0 bridgehead atoms. The number of aromatic hydroxyl groups is 1. The Balaban J connectivity index is 1.88. The first-order valence-electron chi connectivity index (χ1n) is 7.99. The van der Waals surface area contributed by atoms with Gasteiger partial charge in [-0.25, -0.2) is 4.39 Å². The zero-order valence-corrected chi connectivity index (χ0v) is 14.2. The molecule has 1 aliphatic rings. The Bertz CT molecular complexity index is 998. The number of aromatic amines is 1. The zero-order chi connectivity index (χ0) is 18.4. The van der Waals surface area contributed by atoms with Crippen molar-refractivity contribution in [1.82, 2.24) is 15.1 Å². The minimum atomic E-state index is -0.397. The number of benzene rings is 2. The van der Waals surface area contributed by atoms with Crippen LogP contribution in [0.25, 0.3) is 11.3 Å². The van der Waals surface area contributed by atoms with Crippen LogP contribution in [0, 0.1) is 5.82 Å². The maximum atomic E-state index is 13.3. The van der Waals surface area contributed by atoms with Crippen molar-refractivity contribution in [2.75, 3.05) is 14.2 Å². The topological polar surface area (TPSA) is 78.5 Å². The highest BCUT2D eigenvalue weighted by atomic mass is 19.1. The van der Waals surface area contributed by atoms with Crippen LogP contribution in [0.3, 0.4) is 0 Å². The molecule has 2 heterocycles. The summed E-state index contributed by atoms with van der Waals surface area (Å²) in [6.45, 7) is 0. The normalized spacial score (nSPS) is 16.0. The Kier molecular flexibility index (Phi) is 3.64. The molecule has 0 unspecified atom stereocenters. The average Bonchev–Trinajstić information content (AvgIpc) is 3.17. The fraction of sp³-hybridized carbons (Fsp3) is 0.158. The quantitative estimate of drug-likeness (QED) is 0.758. The van der Waals surface area contributed by atoms with E-state index in [9.17, 15) is 14.3 Å². The first kappa shape index (κ1) is 16.1. The summed E-state index contributed by atoms with van der Waals surface area (Å²) < 4.78 is 18.4. The van der Waals surface area contributed by atoms with Gasteiger partial charge >= 0.3 is 0 Å². The van der Waals surface area contributed by atoms with Crippen molar-refractivity contribution in [1.29, 1.82) is 0 Å². The van der Waals surface area contributed by atoms with Gasteiger partial charge in [-0.2, -0.15) is 5.10 Å². The van der Waals surface area contributed by atoms with E-state index in [1.54, 1.807) is 36.2 Å². The number of ether oxygens (including phenoxy) is 1. The maximum absolute atomic E-state index is 13.3. The molecule has 0 spiro atoms. The van der Waals surface area contributed by atoms with Crippen LogP contribution in [-0.4, -0.2) is 40.3 Å². The number of amides is 1. The first-order valence-corrected chi connectivity index (χ1v) is 7.99. The van der Waals surface area contributed by atoms with E-state index in [0.29, 0.717) is 22.7 Å². The smallest absolute Gasteiger partial charge is 0.272 e. The standard InChI is InChI=1S/C19H16FN3O3/c1-23-18(11-5-8-13(24)14(9-11)26-2)15-16(21-22-17(15)19(23)25)10-3-6-12(20)7-4-10/h3-9,18,24H,1-2H3,(H,21,22)/t18-/m1/s1. The number of phenols is 1. The summed E-state index contributed by atoms with van der Waals surface area (Å²) in [7, 11) is 3.17. The van der Waals surface area contributed by atoms with Gasteiger partial charge in [0, 0.05) is 18.2 Å². The minimum Gasteiger partial charge on any atom is -0.504 e. The van der Waals surface area contributed by atoms with Gasteiger partial charge in [-0.15, -0.1) is 0 Å². The van der Waals surface area contributed by atoms with Crippen LogP contribution >= 0.6 is 0 Å². The summed E-state index contributed by atoms with van der Waals surface area (Å²) in [4.78, 5) is 14.2. The third-order valence-corrected chi connectivity index (χ3v) is 4.64. The van der Waals surface area contributed by atoms with E-state index >= 15 is 0 Å². The predicted molar refractivity (Wildman–Crippen MR) is 92.6 cm³/mol. The van der Waals surface area contributed by atoms with Crippen molar-refractivity contribution >= 4 is 5.91 Å². The minimum absolute atomic E-state index is 0.0226. The number of aromatic nitrogens is 2. The molecule has 0 saturated carbocycles. The lowest BCUT2D eigenvalue weighted by atomic mass is 9.96. The van der Waals surface area contributed by atoms with E-state index in [1.165, 1.54) is 25.3 Å².